The van der Waals surface area contributed by atoms with E-state index in [0.717, 1.165) is 25.1 Å². The summed E-state index contributed by atoms with van der Waals surface area (Å²) in [5.41, 5.74) is 5.98. The number of nitrogen functional groups attached to an aromatic ring is 1. The van der Waals surface area contributed by atoms with Crippen LogP contribution >= 0.6 is 0 Å². The Kier molecular flexibility index (Phi) is 3.17. The van der Waals surface area contributed by atoms with Crippen molar-refractivity contribution in [1.82, 2.24) is 0 Å². The molecule has 2 rings (SSSR count). The van der Waals surface area contributed by atoms with E-state index in [2.05, 4.69) is 18.7 Å². The standard InChI is InChI=1S/C13H17F3N2/c1-8-5-9(2)18(7-8)12-4-3-10(6-11(12)17)13(14,15)16/h3-4,6,8-9H,5,7,17H2,1-2H3. The van der Waals surface area contributed by atoms with E-state index >= 15 is 0 Å². The second-order valence-electron chi connectivity index (χ2n) is 5.11. The topological polar surface area (TPSA) is 29.3 Å². The summed E-state index contributed by atoms with van der Waals surface area (Å²) < 4.78 is 37.6. The first-order chi connectivity index (χ1) is 8.29. The lowest BCUT2D eigenvalue weighted by molar-refractivity contribution is -0.137. The number of hydrogen-bond donors (Lipinski definition) is 1. The van der Waals surface area contributed by atoms with Crippen LogP contribution in [0.3, 0.4) is 0 Å². The maximum Gasteiger partial charge on any atom is 0.416 e. The summed E-state index contributed by atoms with van der Waals surface area (Å²) in [6.07, 6.45) is -3.29. The zero-order valence-electron chi connectivity index (χ0n) is 10.5. The van der Waals surface area contributed by atoms with Gasteiger partial charge in [0.1, 0.15) is 0 Å². The van der Waals surface area contributed by atoms with Crippen molar-refractivity contribution in [1.29, 1.82) is 0 Å². The number of anilines is 2. The lowest BCUT2D eigenvalue weighted by Crippen LogP contribution is -2.27. The van der Waals surface area contributed by atoms with Crippen LogP contribution in [0.2, 0.25) is 0 Å². The van der Waals surface area contributed by atoms with E-state index in [1.807, 2.05) is 0 Å². The van der Waals surface area contributed by atoms with E-state index in [-0.39, 0.29) is 5.69 Å². The minimum absolute atomic E-state index is 0.200. The molecule has 0 spiro atoms. The number of benzene rings is 1. The highest BCUT2D eigenvalue weighted by molar-refractivity contribution is 5.69. The zero-order valence-corrected chi connectivity index (χ0v) is 10.5. The van der Waals surface area contributed by atoms with Crippen LogP contribution < -0.4 is 10.6 Å². The van der Waals surface area contributed by atoms with E-state index in [1.165, 1.54) is 6.07 Å². The third-order valence-electron chi connectivity index (χ3n) is 3.45. The van der Waals surface area contributed by atoms with Gasteiger partial charge in [0.2, 0.25) is 0 Å². The molecule has 0 bridgehead atoms. The van der Waals surface area contributed by atoms with Crippen molar-refractivity contribution < 1.29 is 13.2 Å². The van der Waals surface area contributed by atoms with Gasteiger partial charge in [0.05, 0.1) is 16.9 Å². The molecule has 1 fully saturated rings. The Balaban J connectivity index is 2.31. The Hall–Kier alpha value is -1.39. The molecular formula is C13H17F3N2. The summed E-state index contributed by atoms with van der Waals surface area (Å²) in [4.78, 5) is 2.08. The number of rotatable bonds is 1. The molecule has 2 unspecified atom stereocenters. The molecule has 0 radical (unpaired) electrons. The maximum absolute atomic E-state index is 12.5. The maximum atomic E-state index is 12.5. The van der Waals surface area contributed by atoms with E-state index in [9.17, 15) is 13.2 Å². The first kappa shape index (κ1) is 13.1. The second kappa shape index (κ2) is 4.37. The van der Waals surface area contributed by atoms with Crippen LogP contribution in [0.15, 0.2) is 18.2 Å². The molecule has 1 aliphatic rings. The van der Waals surface area contributed by atoms with Gasteiger partial charge in [-0.25, -0.2) is 0 Å². The van der Waals surface area contributed by atoms with E-state index < -0.39 is 11.7 Å². The normalized spacial score (nSPS) is 24.6. The summed E-state index contributed by atoms with van der Waals surface area (Å²) in [5, 5.41) is 0. The monoisotopic (exact) mass is 258 g/mol. The number of nitrogens with two attached hydrogens (primary N) is 1. The third-order valence-corrected chi connectivity index (χ3v) is 3.45. The van der Waals surface area contributed by atoms with Crippen LogP contribution in [0, 0.1) is 5.92 Å². The van der Waals surface area contributed by atoms with Gasteiger partial charge in [-0.2, -0.15) is 13.2 Å². The van der Waals surface area contributed by atoms with Gasteiger partial charge in [-0.3, -0.25) is 0 Å². The van der Waals surface area contributed by atoms with Crippen LogP contribution in [-0.4, -0.2) is 12.6 Å². The van der Waals surface area contributed by atoms with Gasteiger partial charge in [-0.05, 0) is 37.5 Å². The molecule has 18 heavy (non-hydrogen) atoms. The molecule has 0 amide bonds. The summed E-state index contributed by atoms with van der Waals surface area (Å²) in [7, 11) is 0. The number of halogens is 3. The third kappa shape index (κ3) is 2.40. The van der Waals surface area contributed by atoms with Gasteiger partial charge in [0, 0.05) is 12.6 Å². The SMILES string of the molecule is CC1CC(C)N(c2ccc(C(F)(F)F)cc2N)C1. The van der Waals surface area contributed by atoms with E-state index in [1.54, 1.807) is 0 Å². The molecule has 0 aliphatic carbocycles. The molecule has 1 aromatic carbocycles. The predicted octanol–water partition coefficient (Wildman–Crippen LogP) is 3.52. The largest absolute Gasteiger partial charge is 0.416 e. The number of hydrogen-bond acceptors (Lipinski definition) is 2. The molecular weight excluding hydrogens is 241 g/mol. The van der Waals surface area contributed by atoms with Crippen LogP contribution in [0.4, 0.5) is 24.5 Å². The fourth-order valence-corrected chi connectivity index (χ4v) is 2.63. The summed E-state index contributed by atoms with van der Waals surface area (Å²) >= 11 is 0. The van der Waals surface area contributed by atoms with Crippen molar-refractivity contribution >= 4 is 11.4 Å². The van der Waals surface area contributed by atoms with Crippen molar-refractivity contribution in [2.24, 2.45) is 5.92 Å². The molecule has 1 aromatic rings. The fraction of sp³-hybridized carbons (Fsp3) is 0.538. The number of alkyl halides is 3. The molecule has 2 nitrogen and oxygen atoms in total. The van der Waals surface area contributed by atoms with Gasteiger partial charge in [0.25, 0.3) is 0 Å². The molecule has 0 aromatic heterocycles. The summed E-state index contributed by atoms with van der Waals surface area (Å²) in [6, 6.07) is 3.91. The highest BCUT2D eigenvalue weighted by Crippen LogP contribution is 2.37. The predicted molar refractivity (Wildman–Crippen MR) is 66.4 cm³/mol. The minimum Gasteiger partial charge on any atom is -0.397 e. The first-order valence-electron chi connectivity index (χ1n) is 6.02. The number of nitrogens with zero attached hydrogens (tertiary/aromatic N) is 1. The van der Waals surface area contributed by atoms with E-state index in [4.69, 9.17) is 5.73 Å². The van der Waals surface area contributed by atoms with Crippen LogP contribution in [0.5, 0.6) is 0 Å². The van der Waals surface area contributed by atoms with E-state index in [0.29, 0.717) is 17.6 Å². The molecule has 2 N–H and O–H groups in total. The van der Waals surface area contributed by atoms with Crippen molar-refractivity contribution in [2.75, 3.05) is 17.2 Å². The molecule has 1 saturated heterocycles. The smallest absolute Gasteiger partial charge is 0.397 e. The Labute approximate surface area is 105 Å². The van der Waals surface area contributed by atoms with Gasteiger partial charge < -0.3 is 10.6 Å². The van der Waals surface area contributed by atoms with Gasteiger partial charge in [0.15, 0.2) is 0 Å². The molecule has 1 aliphatic heterocycles. The average Bonchev–Trinajstić information content (AvgIpc) is 2.56. The van der Waals surface area contributed by atoms with Crippen LogP contribution in [0.25, 0.3) is 0 Å². The Bertz CT molecular complexity index is 442. The quantitative estimate of drug-likeness (QED) is 0.781. The lowest BCUT2D eigenvalue weighted by atomic mass is 10.1. The summed E-state index contributed by atoms with van der Waals surface area (Å²) in [6.45, 7) is 5.05. The van der Waals surface area contributed by atoms with Crippen LogP contribution in [-0.2, 0) is 6.18 Å². The molecule has 2 atom stereocenters. The van der Waals surface area contributed by atoms with Gasteiger partial charge in [-0.1, -0.05) is 6.92 Å². The van der Waals surface area contributed by atoms with Gasteiger partial charge in [-0.15, -0.1) is 0 Å². The van der Waals surface area contributed by atoms with Gasteiger partial charge >= 0.3 is 6.18 Å². The average molecular weight is 258 g/mol. The Morgan fingerprint density at radius 3 is 2.39 bits per heavy atom. The molecule has 5 heteroatoms. The Morgan fingerprint density at radius 1 is 1.28 bits per heavy atom. The highest BCUT2D eigenvalue weighted by Gasteiger charge is 2.32. The minimum atomic E-state index is -4.34. The molecule has 1 heterocycles. The van der Waals surface area contributed by atoms with Crippen molar-refractivity contribution in [3.8, 4) is 0 Å². The highest BCUT2D eigenvalue weighted by atomic mass is 19.4. The fourth-order valence-electron chi connectivity index (χ4n) is 2.63. The second-order valence-corrected chi connectivity index (χ2v) is 5.11. The molecule has 100 valence electrons. The van der Waals surface area contributed by atoms with Crippen molar-refractivity contribution in [2.45, 2.75) is 32.5 Å². The van der Waals surface area contributed by atoms with Crippen LogP contribution in [0.1, 0.15) is 25.8 Å². The Morgan fingerprint density at radius 2 is 1.94 bits per heavy atom. The van der Waals surface area contributed by atoms with Crippen molar-refractivity contribution in [3.63, 3.8) is 0 Å². The lowest BCUT2D eigenvalue weighted by Gasteiger charge is -2.26. The van der Waals surface area contributed by atoms with Crippen molar-refractivity contribution in [3.05, 3.63) is 23.8 Å². The first-order valence-corrected chi connectivity index (χ1v) is 6.02. The molecule has 0 saturated carbocycles. The summed E-state index contributed by atoms with van der Waals surface area (Å²) in [5.74, 6) is 0.543. The zero-order chi connectivity index (χ0) is 13.5.